The minimum Gasteiger partial charge on any atom is -0.309 e. The van der Waals surface area contributed by atoms with Crippen molar-refractivity contribution in [3.63, 3.8) is 0 Å². The maximum absolute atomic E-state index is 13.0. The molecule has 2 aromatic carbocycles. The zero-order valence-corrected chi connectivity index (χ0v) is 12.7. The molecular weight excluding hydrogens is 291 g/mol. The lowest BCUT2D eigenvalue weighted by Gasteiger charge is -2.27. The highest BCUT2D eigenvalue weighted by molar-refractivity contribution is 5.55. The molecule has 0 radical (unpaired) electrons. The Morgan fingerprint density at radius 2 is 1.70 bits per heavy atom. The van der Waals surface area contributed by atoms with Gasteiger partial charge in [0.25, 0.3) is 0 Å². The van der Waals surface area contributed by atoms with Crippen LogP contribution in [-0.2, 0) is 19.6 Å². The molecule has 4 nitrogen and oxygen atoms in total. The van der Waals surface area contributed by atoms with Crippen LogP contribution in [0.4, 0.5) is 4.39 Å². The van der Waals surface area contributed by atoms with Gasteiger partial charge in [-0.3, -0.25) is 4.90 Å². The Bertz CT molecular complexity index is 796. The lowest BCUT2D eigenvalue weighted by molar-refractivity contribution is 0.209. The molecule has 0 aliphatic carbocycles. The highest BCUT2D eigenvalue weighted by Gasteiger charge is 2.21. The summed E-state index contributed by atoms with van der Waals surface area (Å²) in [5, 5.41) is 8.71. The van der Waals surface area contributed by atoms with Gasteiger partial charge in [0, 0.05) is 25.2 Å². The van der Waals surface area contributed by atoms with Gasteiger partial charge in [-0.25, -0.2) is 4.39 Å². The number of aromatic nitrogens is 3. The predicted molar refractivity (Wildman–Crippen MR) is 86.0 cm³/mol. The molecule has 5 heteroatoms. The molecule has 1 aromatic heterocycles. The van der Waals surface area contributed by atoms with Gasteiger partial charge in [-0.1, -0.05) is 42.5 Å². The predicted octanol–water partition coefficient (Wildman–Crippen LogP) is 3.10. The molecule has 3 aromatic rings. The van der Waals surface area contributed by atoms with Gasteiger partial charge < -0.3 is 4.57 Å². The second kappa shape index (κ2) is 5.93. The van der Waals surface area contributed by atoms with E-state index >= 15 is 0 Å². The van der Waals surface area contributed by atoms with Crippen LogP contribution in [0.25, 0.3) is 11.4 Å². The van der Waals surface area contributed by atoms with E-state index in [0.29, 0.717) is 0 Å². The van der Waals surface area contributed by atoms with Crippen LogP contribution in [0.1, 0.15) is 11.4 Å². The van der Waals surface area contributed by atoms with Gasteiger partial charge in [-0.05, 0) is 17.7 Å². The van der Waals surface area contributed by atoms with Crippen LogP contribution in [-0.4, -0.2) is 26.2 Å². The van der Waals surface area contributed by atoms with Crippen molar-refractivity contribution in [1.29, 1.82) is 0 Å². The third kappa shape index (κ3) is 2.87. The topological polar surface area (TPSA) is 34.0 Å². The summed E-state index contributed by atoms with van der Waals surface area (Å²) in [5.41, 5.74) is 2.21. The number of benzene rings is 2. The number of halogens is 1. The van der Waals surface area contributed by atoms with Crippen molar-refractivity contribution in [2.45, 2.75) is 19.6 Å². The van der Waals surface area contributed by atoms with Crippen LogP contribution < -0.4 is 0 Å². The van der Waals surface area contributed by atoms with Gasteiger partial charge in [0.1, 0.15) is 11.6 Å². The second-order valence-electron chi connectivity index (χ2n) is 5.79. The molecule has 0 spiro atoms. The van der Waals surface area contributed by atoms with Crippen LogP contribution in [0.2, 0.25) is 0 Å². The monoisotopic (exact) mass is 308 g/mol. The van der Waals surface area contributed by atoms with E-state index in [1.807, 2.05) is 30.3 Å². The van der Waals surface area contributed by atoms with Crippen molar-refractivity contribution in [1.82, 2.24) is 19.7 Å². The number of fused-ring (bicyclic) bond motifs is 1. The highest BCUT2D eigenvalue weighted by Crippen LogP contribution is 2.22. The molecule has 0 bridgehead atoms. The normalized spacial score (nSPS) is 14.7. The fourth-order valence-corrected chi connectivity index (χ4v) is 2.99. The molecule has 2 heterocycles. The van der Waals surface area contributed by atoms with E-state index in [0.717, 1.165) is 49.0 Å². The standard InChI is InChI=1S/C18H17FN4/c19-16-8-6-14(7-9-16)12-22-10-11-23-17(13-22)20-21-18(23)15-4-2-1-3-5-15/h1-9H,10-13H2. The van der Waals surface area contributed by atoms with E-state index in [4.69, 9.17) is 0 Å². The van der Waals surface area contributed by atoms with Crippen LogP contribution in [0, 0.1) is 5.82 Å². The molecule has 0 saturated heterocycles. The van der Waals surface area contributed by atoms with E-state index in [2.05, 4.69) is 31.8 Å². The zero-order valence-electron chi connectivity index (χ0n) is 12.7. The van der Waals surface area contributed by atoms with Gasteiger partial charge in [0.2, 0.25) is 0 Å². The van der Waals surface area contributed by atoms with E-state index in [9.17, 15) is 4.39 Å². The molecule has 23 heavy (non-hydrogen) atoms. The molecule has 0 atom stereocenters. The number of hydrogen-bond donors (Lipinski definition) is 0. The van der Waals surface area contributed by atoms with Gasteiger partial charge in [0.05, 0.1) is 6.54 Å². The van der Waals surface area contributed by atoms with Crippen molar-refractivity contribution in [3.05, 3.63) is 71.8 Å². The van der Waals surface area contributed by atoms with Crippen LogP contribution in [0.15, 0.2) is 54.6 Å². The Labute approximate surface area is 134 Å². The summed E-state index contributed by atoms with van der Waals surface area (Å²) in [6, 6.07) is 16.8. The second-order valence-corrected chi connectivity index (χ2v) is 5.79. The van der Waals surface area contributed by atoms with E-state index in [-0.39, 0.29) is 5.82 Å². The van der Waals surface area contributed by atoms with Crippen molar-refractivity contribution in [2.24, 2.45) is 0 Å². The molecule has 0 N–H and O–H groups in total. The summed E-state index contributed by atoms with van der Waals surface area (Å²) in [6.07, 6.45) is 0. The maximum Gasteiger partial charge on any atom is 0.164 e. The maximum atomic E-state index is 13.0. The van der Waals surface area contributed by atoms with Gasteiger partial charge in [0.15, 0.2) is 5.82 Å². The van der Waals surface area contributed by atoms with Crippen molar-refractivity contribution < 1.29 is 4.39 Å². The molecule has 1 aliphatic heterocycles. The molecule has 1 aliphatic rings. The first-order chi connectivity index (χ1) is 11.3. The summed E-state index contributed by atoms with van der Waals surface area (Å²) in [6.45, 7) is 3.36. The fourth-order valence-electron chi connectivity index (χ4n) is 2.99. The SMILES string of the molecule is Fc1ccc(CN2CCn3c(nnc3-c3ccccc3)C2)cc1. The first-order valence-corrected chi connectivity index (χ1v) is 7.74. The average molecular weight is 308 g/mol. The quantitative estimate of drug-likeness (QED) is 0.745. The summed E-state index contributed by atoms with van der Waals surface area (Å²) in [7, 11) is 0. The third-order valence-corrected chi connectivity index (χ3v) is 4.18. The average Bonchev–Trinajstić information content (AvgIpc) is 3.01. The van der Waals surface area contributed by atoms with E-state index in [1.165, 1.54) is 12.1 Å². The highest BCUT2D eigenvalue weighted by atomic mass is 19.1. The van der Waals surface area contributed by atoms with E-state index in [1.54, 1.807) is 0 Å². The molecule has 0 fully saturated rings. The first-order valence-electron chi connectivity index (χ1n) is 7.74. The number of hydrogen-bond acceptors (Lipinski definition) is 3. The van der Waals surface area contributed by atoms with Crippen LogP contribution in [0.3, 0.4) is 0 Å². The smallest absolute Gasteiger partial charge is 0.164 e. The number of nitrogens with zero attached hydrogens (tertiary/aromatic N) is 4. The lowest BCUT2D eigenvalue weighted by atomic mass is 10.2. The summed E-state index contributed by atoms with van der Waals surface area (Å²) >= 11 is 0. The Hall–Kier alpha value is -2.53. The molecule has 0 amide bonds. The minimum absolute atomic E-state index is 0.195. The zero-order chi connectivity index (χ0) is 15.6. The lowest BCUT2D eigenvalue weighted by Crippen LogP contribution is -2.33. The largest absolute Gasteiger partial charge is 0.309 e. The van der Waals surface area contributed by atoms with Gasteiger partial charge in [-0.15, -0.1) is 10.2 Å². The van der Waals surface area contributed by atoms with Crippen LogP contribution >= 0.6 is 0 Å². The van der Waals surface area contributed by atoms with Crippen LogP contribution in [0.5, 0.6) is 0 Å². The Morgan fingerprint density at radius 3 is 2.48 bits per heavy atom. The Kier molecular flexibility index (Phi) is 3.63. The van der Waals surface area contributed by atoms with Crippen molar-refractivity contribution >= 4 is 0 Å². The Morgan fingerprint density at radius 1 is 0.913 bits per heavy atom. The van der Waals surface area contributed by atoms with Crippen molar-refractivity contribution in [2.75, 3.05) is 6.54 Å². The Balaban J connectivity index is 1.52. The summed E-state index contributed by atoms with van der Waals surface area (Å²) in [4.78, 5) is 2.31. The molecule has 0 saturated carbocycles. The van der Waals surface area contributed by atoms with Gasteiger partial charge >= 0.3 is 0 Å². The molecular formula is C18H17FN4. The molecule has 116 valence electrons. The molecule has 0 unspecified atom stereocenters. The minimum atomic E-state index is -0.195. The summed E-state index contributed by atoms with van der Waals surface area (Å²) < 4.78 is 15.2. The van der Waals surface area contributed by atoms with Gasteiger partial charge in [-0.2, -0.15) is 0 Å². The fraction of sp³-hybridized carbons (Fsp3) is 0.222. The van der Waals surface area contributed by atoms with Crippen molar-refractivity contribution in [3.8, 4) is 11.4 Å². The number of rotatable bonds is 3. The summed E-state index contributed by atoms with van der Waals surface area (Å²) in [5.74, 6) is 1.72. The first kappa shape index (κ1) is 14.1. The van der Waals surface area contributed by atoms with E-state index < -0.39 is 0 Å². The third-order valence-electron chi connectivity index (χ3n) is 4.18. The molecule has 4 rings (SSSR count).